The predicted molar refractivity (Wildman–Crippen MR) is 55.9 cm³/mol. The zero-order chi connectivity index (χ0) is 11.5. The number of rotatable bonds is 2. The lowest BCUT2D eigenvalue weighted by Crippen LogP contribution is -2.37. The minimum absolute atomic E-state index is 0.0142. The van der Waals surface area contributed by atoms with Crippen LogP contribution in [0.4, 0.5) is 10.6 Å². The molecular formula is C10H12N2O4. The molecule has 0 saturated carbocycles. The van der Waals surface area contributed by atoms with E-state index in [0.29, 0.717) is 30.3 Å². The molecule has 0 fully saturated rings. The van der Waals surface area contributed by atoms with Crippen LogP contribution in [0.25, 0.3) is 0 Å². The van der Waals surface area contributed by atoms with Crippen molar-refractivity contribution in [3.63, 3.8) is 0 Å². The fourth-order valence-electron chi connectivity index (χ4n) is 1.57. The van der Waals surface area contributed by atoms with Crippen molar-refractivity contribution in [2.75, 3.05) is 24.7 Å². The third-order valence-corrected chi connectivity index (χ3v) is 2.32. The van der Waals surface area contributed by atoms with E-state index in [-0.39, 0.29) is 13.2 Å². The number of aromatic nitrogens is 1. The SMILES string of the molecule is O=C(O)N1CCOc2ccc(CCO)nc21. The maximum absolute atomic E-state index is 11.0. The zero-order valence-electron chi connectivity index (χ0n) is 8.59. The maximum Gasteiger partial charge on any atom is 0.413 e. The van der Waals surface area contributed by atoms with Crippen molar-refractivity contribution >= 4 is 11.9 Å². The van der Waals surface area contributed by atoms with E-state index in [1.54, 1.807) is 12.1 Å². The van der Waals surface area contributed by atoms with Gasteiger partial charge in [-0.15, -0.1) is 0 Å². The van der Waals surface area contributed by atoms with Gasteiger partial charge in [0.2, 0.25) is 0 Å². The number of hydrogen-bond donors (Lipinski definition) is 2. The molecule has 86 valence electrons. The van der Waals surface area contributed by atoms with Gasteiger partial charge in [-0.1, -0.05) is 0 Å². The topological polar surface area (TPSA) is 82.9 Å². The lowest BCUT2D eigenvalue weighted by Gasteiger charge is -2.26. The molecule has 6 nitrogen and oxygen atoms in total. The highest BCUT2D eigenvalue weighted by Crippen LogP contribution is 2.29. The zero-order valence-corrected chi connectivity index (χ0v) is 8.59. The standard InChI is InChI=1S/C10H12N2O4/c13-5-3-7-1-2-8-9(11-7)12(10(14)15)4-6-16-8/h1-2,13H,3-6H2,(H,14,15). The molecule has 1 amide bonds. The summed E-state index contributed by atoms with van der Waals surface area (Å²) in [6.45, 7) is 0.595. The number of amides is 1. The molecule has 1 aromatic rings. The molecule has 0 bridgehead atoms. The quantitative estimate of drug-likeness (QED) is 0.764. The number of ether oxygens (including phenoxy) is 1. The minimum atomic E-state index is -1.04. The number of nitrogens with zero attached hydrogens (tertiary/aromatic N) is 2. The Bertz CT molecular complexity index is 408. The average molecular weight is 224 g/mol. The predicted octanol–water partition coefficient (Wildman–Crippen LogP) is 0.493. The second kappa shape index (κ2) is 4.36. The third kappa shape index (κ3) is 1.92. The molecule has 0 atom stereocenters. The van der Waals surface area contributed by atoms with Crippen LogP contribution in [0.15, 0.2) is 12.1 Å². The highest BCUT2D eigenvalue weighted by atomic mass is 16.5. The fraction of sp³-hybridized carbons (Fsp3) is 0.400. The van der Waals surface area contributed by atoms with Gasteiger partial charge in [0.1, 0.15) is 6.61 Å². The molecular weight excluding hydrogens is 212 g/mol. The molecule has 0 spiro atoms. The molecule has 1 aromatic heterocycles. The monoisotopic (exact) mass is 224 g/mol. The van der Waals surface area contributed by atoms with Crippen molar-refractivity contribution in [1.29, 1.82) is 0 Å². The maximum atomic E-state index is 11.0. The third-order valence-electron chi connectivity index (χ3n) is 2.32. The largest absolute Gasteiger partial charge is 0.488 e. The Hall–Kier alpha value is -1.82. The Kier molecular flexibility index (Phi) is 2.91. The van der Waals surface area contributed by atoms with Gasteiger partial charge in [-0.25, -0.2) is 9.78 Å². The van der Waals surface area contributed by atoms with E-state index >= 15 is 0 Å². The van der Waals surface area contributed by atoms with Gasteiger partial charge in [-0.2, -0.15) is 0 Å². The highest BCUT2D eigenvalue weighted by Gasteiger charge is 2.24. The van der Waals surface area contributed by atoms with Gasteiger partial charge < -0.3 is 14.9 Å². The number of anilines is 1. The fourth-order valence-corrected chi connectivity index (χ4v) is 1.57. The molecule has 0 saturated heterocycles. The first kappa shape index (κ1) is 10.7. The Morgan fingerprint density at radius 2 is 2.38 bits per heavy atom. The summed E-state index contributed by atoms with van der Waals surface area (Å²) in [6, 6.07) is 3.41. The van der Waals surface area contributed by atoms with Crippen molar-refractivity contribution in [3.8, 4) is 5.75 Å². The van der Waals surface area contributed by atoms with Crippen LogP contribution in [-0.4, -0.2) is 41.0 Å². The van der Waals surface area contributed by atoms with Crippen LogP contribution in [0.3, 0.4) is 0 Å². The molecule has 1 aliphatic rings. The van der Waals surface area contributed by atoms with Gasteiger partial charge in [0, 0.05) is 18.7 Å². The first-order valence-electron chi connectivity index (χ1n) is 4.96. The summed E-state index contributed by atoms with van der Waals surface area (Å²) >= 11 is 0. The van der Waals surface area contributed by atoms with Gasteiger partial charge >= 0.3 is 6.09 Å². The molecule has 2 N–H and O–H groups in total. The van der Waals surface area contributed by atoms with Crippen molar-refractivity contribution in [3.05, 3.63) is 17.8 Å². The lowest BCUT2D eigenvalue weighted by molar-refractivity contribution is 0.196. The van der Waals surface area contributed by atoms with Gasteiger partial charge in [-0.05, 0) is 12.1 Å². The Morgan fingerprint density at radius 3 is 3.06 bits per heavy atom. The van der Waals surface area contributed by atoms with E-state index in [9.17, 15) is 4.79 Å². The number of aliphatic hydroxyl groups is 1. The molecule has 0 unspecified atom stereocenters. The van der Waals surface area contributed by atoms with Crippen LogP contribution in [-0.2, 0) is 6.42 Å². The van der Waals surface area contributed by atoms with Gasteiger partial charge in [0.15, 0.2) is 11.6 Å². The molecule has 2 rings (SSSR count). The van der Waals surface area contributed by atoms with Crippen LogP contribution >= 0.6 is 0 Å². The number of pyridine rings is 1. The van der Waals surface area contributed by atoms with Gasteiger partial charge in [0.25, 0.3) is 0 Å². The Morgan fingerprint density at radius 1 is 1.56 bits per heavy atom. The molecule has 0 aliphatic carbocycles. The lowest BCUT2D eigenvalue weighted by atomic mass is 10.2. The Balaban J connectivity index is 2.36. The summed E-state index contributed by atoms with van der Waals surface area (Å²) in [5.41, 5.74) is 0.651. The number of hydrogen-bond acceptors (Lipinski definition) is 4. The second-order valence-electron chi connectivity index (χ2n) is 3.38. The van der Waals surface area contributed by atoms with Gasteiger partial charge in [0.05, 0.1) is 6.54 Å². The van der Waals surface area contributed by atoms with Crippen LogP contribution in [0.1, 0.15) is 5.69 Å². The van der Waals surface area contributed by atoms with E-state index in [1.165, 1.54) is 0 Å². The number of carboxylic acid groups (broad SMARTS) is 1. The van der Waals surface area contributed by atoms with E-state index in [2.05, 4.69) is 4.98 Å². The van der Waals surface area contributed by atoms with Crippen molar-refractivity contribution in [1.82, 2.24) is 4.98 Å². The summed E-state index contributed by atoms with van der Waals surface area (Å²) < 4.78 is 5.31. The summed E-state index contributed by atoms with van der Waals surface area (Å²) in [7, 11) is 0. The van der Waals surface area contributed by atoms with E-state index in [4.69, 9.17) is 14.9 Å². The van der Waals surface area contributed by atoms with Crippen LogP contribution in [0.5, 0.6) is 5.75 Å². The van der Waals surface area contributed by atoms with Crippen molar-refractivity contribution < 1.29 is 19.7 Å². The summed E-state index contributed by atoms with van der Waals surface area (Å²) in [4.78, 5) is 16.3. The Labute approximate surface area is 92.1 Å². The number of aliphatic hydroxyl groups excluding tert-OH is 1. The summed E-state index contributed by atoms with van der Waals surface area (Å²) in [5.74, 6) is 0.778. The average Bonchev–Trinajstić information content (AvgIpc) is 2.28. The first-order valence-corrected chi connectivity index (χ1v) is 4.96. The first-order chi connectivity index (χ1) is 7.72. The van der Waals surface area contributed by atoms with Crippen LogP contribution in [0, 0.1) is 0 Å². The van der Waals surface area contributed by atoms with Gasteiger partial charge in [-0.3, -0.25) is 4.90 Å². The molecule has 0 radical (unpaired) electrons. The van der Waals surface area contributed by atoms with E-state index in [0.717, 1.165) is 4.90 Å². The van der Waals surface area contributed by atoms with Crippen LogP contribution in [0.2, 0.25) is 0 Å². The minimum Gasteiger partial charge on any atom is -0.488 e. The number of fused-ring (bicyclic) bond motifs is 1. The molecule has 16 heavy (non-hydrogen) atoms. The normalized spacial score (nSPS) is 14.2. The summed E-state index contributed by atoms with van der Waals surface area (Å²) in [6.07, 6.45) is -0.640. The molecule has 6 heteroatoms. The highest BCUT2D eigenvalue weighted by molar-refractivity contribution is 5.87. The summed E-state index contributed by atoms with van der Waals surface area (Å²) in [5, 5.41) is 17.8. The van der Waals surface area contributed by atoms with Crippen LogP contribution < -0.4 is 9.64 Å². The number of carbonyl (C=O) groups is 1. The second-order valence-corrected chi connectivity index (χ2v) is 3.38. The van der Waals surface area contributed by atoms with Crippen molar-refractivity contribution in [2.45, 2.75) is 6.42 Å². The smallest absolute Gasteiger partial charge is 0.413 e. The van der Waals surface area contributed by atoms with E-state index < -0.39 is 6.09 Å². The van der Waals surface area contributed by atoms with E-state index in [1.807, 2.05) is 0 Å². The molecule has 1 aliphatic heterocycles. The molecule has 0 aromatic carbocycles. The van der Waals surface area contributed by atoms with Crippen molar-refractivity contribution in [2.24, 2.45) is 0 Å². The molecule has 2 heterocycles.